The summed E-state index contributed by atoms with van der Waals surface area (Å²) in [6, 6.07) is 4.94. The third-order valence-corrected chi connectivity index (χ3v) is 3.01. The summed E-state index contributed by atoms with van der Waals surface area (Å²) < 4.78 is 5.97. The lowest BCUT2D eigenvalue weighted by Crippen LogP contribution is -2.29. The number of rotatable bonds is 7. The highest BCUT2D eigenvalue weighted by Crippen LogP contribution is 2.27. The molecule has 7 heteroatoms. The molecule has 2 amide bonds. The average molecular weight is 345 g/mol. The summed E-state index contributed by atoms with van der Waals surface area (Å²) in [7, 11) is 1.53. The van der Waals surface area contributed by atoms with Crippen molar-refractivity contribution < 1.29 is 19.4 Å². The van der Waals surface area contributed by atoms with Crippen LogP contribution in [0.1, 0.15) is 19.3 Å². The van der Waals surface area contributed by atoms with E-state index in [-0.39, 0.29) is 12.5 Å². The Labute approximate surface area is 125 Å². The predicted octanol–water partition coefficient (Wildman–Crippen LogP) is 2.83. The van der Waals surface area contributed by atoms with Crippen molar-refractivity contribution in [1.29, 1.82) is 0 Å². The van der Waals surface area contributed by atoms with Crippen LogP contribution in [-0.2, 0) is 4.79 Å². The maximum absolute atomic E-state index is 11.7. The summed E-state index contributed by atoms with van der Waals surface area (Å²) in [5.74, 6) is -0.262. The van der Waals surface area contributed by atoms with Gasteiger partial charge in [0.05, 0.1) is 12.8 Å². The largest absolute Gasteiger partial charge is 0.495 e. The van der Waals surface area contributed by atoms with E-state index in [0.29, 0.717) is 30.8 Å². The molecule has 0 saturated heterocycles. The molecule has 0 aliphatic carbocycles. The average Bonchev–Trinajstić information content (AvgIpc) is 2.38. The van der Waals surface area contributed by atoms with Crippen LogP contribution >= 0.6 is 15.9 Å². The van der Waals surface area contributed by atoms with Crippen LogP contribution in [-0.4, -0.2) is 30.8 Å². The number of carboxylic acid groups (broad SMARTS) is 1. The zero-order valence-electron chi connectivity index (χ0n) is 11.1. The molecule has 0 bridgehead atoms. The summed E-state index contributed by atoms with van der Waals surface area (Å²) in [6.45, 7) is 0.426. The van der Waals surface area contributed by atoms with E-state index in [1.54, 1.807) is 12.1 Å². The number of anilines is 1. The van der Waals surface area contributed by atoms with Crippen molar-refractivity contribution in [1.82, 2.24) is 5.32 Å². The van der Waals surface area contributed by atoms with Crippen molar-refractivity contribution in [3.8, 4) is 5.75 Å². The molecule has 1 aromatic carbocycles. The summed E-state index contributed by atoms with van der Waals surface area (Å²) in [6.07, 6.45) is 1.27. The van der Waals surface area contributed by atoms with Crippen molar-refractivity contribution in [2.45, 2.75) is 19.3 Å². The van der Waals surface area contributed by atoms with Gasteiger partial charge in [-0.05, 0) is 31.0 Å². The molecule has 0 aromatic heterocycles. The Morgan fingerprint density at radius 1 is 1.35 bits per heavy atom. The van der Waals surface area contributed by atoms with E-state index < -0.39 is 5.97 Å². The van der Waals surface area contributed by atoms with Gasteiger partial charge in [0, 0.05) is 17.4 Å². The van der Waals surface area contributed by atoms with Crippen LogP contribution in [0.4, 0.5) is 10.5 Å². The lowest BCUT2D eigenvalue weighted by Gasteiger charge is -2.11. The topological polar surface area (TPSA) is 87.7 Å². The van der Waals surface area contributed by atoms with Crippen molar-refractivity contribution >= 4 is 33.6 Å². The van der Waals surface area contributed by atoms with E-state index in [1.165, 1.54) is 7.11 Å². The number of hydrogen-bond donors (Lipinski definition) is 3. The molecule has 20 heavy (non-hydrogen) atoms. The number of halogens is 1. The number of aliphatic carboxylic acids is 1. The maximum Gasteiger partial charge on any atom is 0.319 e. The number of ether oxygens (including phenoxy) is 1. The molecule has 3 N–H and O–H groups in total. The predicted molar refractivity (Wildman–Crippen MR) is 79.2 cm³/mol. The monoisotopic (exact) mass is 344 g/mol. The van der Waals surface area contributed by atoms with E-state index in [2.05, 4.69) is 26.6 Å². The minimum atomic E-state index is -0.826. The van der Waals surface area contributed by atoms with Crippen LogP contribution in [0.5, 0.6) is 5.75 Å². The molecule has 0 aliphatic heterocycles. The second-order valence-electron chi connectivity index (χ2n) is 4.08. The minimum Gasteiger partial charge on any atom is -0.495 e. The molecule has 0 heterocycles. The molecule has 6 nitrogen and oxygen atoms in total. The minimum absolute atomic E-state index is 0.114. The first-order valence-corrected chi connectivity index (χ1v) is 6.92. The smallest absolute Gasteiger partial charge is 0.319 e. The molecule has 1 rings (SSSR count). The SMILES string of the molecule is COc1ccc(Br)cc1NC(=O)NCCCCC(=O)O. The summed E-state index contributed by atoms with van der Waals surface area (Å²) >= 11 is 3.32. The fraction of sp³-hybridized carbons (Fsp3) is 0.385. The number of urea groups is 1. The van der Waals surface area contributed by atoms with Gasteiger partial charge in [-0.25, -0.2) is 4.79 Å². The van der Waals surface area contributed by atoms with Gasteiger partial charge in [-0.3, -0.25) is 4.79 Å². The van der Waals surface area contributed by atoms with Gasteiger partial charge in [0.25, 0.3) is 0 Å². The molecule has 0 radical (unpaired) electrons. The highest BCUT2D eigenvalue weighted by molar-refractivity contribution is 9.10. The van der Waals surface area contributed by atoms with Crippen LogP contribution in [0.25, 0.3) is 0 Å². The Balaban J connectivity index is 2.38. The Kier molecular flexibility index (Phi) is 6.86. The van der Waals surface area contributed by atoms with E-state index in [0.717, 1.165) is 4.47 Å². The Morgan fingerprint density at radius 3 is 2.75 bits per heavy atom. The highest BCUT2D eigenvalue weighted by Gasteiger charge is 2.07. The molecule has 0 unspecified atom stereocenters. The summed E-state index contributed by atoms with van der Waals surface area (Å²) in [4.78, 5) is 22.0. The Bertz CT molecular complexity index is 479. The molecule has 0 fully saturated rings. The van der Waals surface area contributed by atoms with Crippen molar-refractivity contribution in [3.05, 3.63) is 22.7 Å². The lowest BCUT2D eigenvalue weighted by molar-refractivity contribution is -0.137. The Hall–Kier alpha value is -1.76. The van der Waals surface area contributed by atoms with Gasteiger partial charge in [0.1, 0.15) is 5.75 Å². The fourth-order valence-corrected chi connectivity index (χ4v) is 1.91. The number of unbranched alkanes of at least 4 members (excludes halogenated alkanes) is 1. The maximum atomic E-state index is 11.7. The number of nitrogens with one attached hydrogen (secondary N) is 2. The Morgan fingerprint density at radius 2 is 2.10 bits per heavy atom. The van der Waals surface area contributed by atoms with Crippen LogP contribution < -0.4 is 15.4 Å². The second kappa shape index (κ2) is 8.42. The molecular formula is C13H17BrN2O4. The third kappa shape index (κ3) is 5.92. The second-order valence-corrected chi connectivity index (χ2v) is 4.99. The fourth-order valence-electron chi connectivity index (χ4n) is 1.55. The standard InChI is InChI=1S/C13H17BrN2O4/c1-20-11-6-5-9(14)8-10(11)16-13(19)15-7-3-2-4-12(17)18/h5-6,8H,2-4,7H2,1H3,(H,17,18)(H2,15,16,19). The van der Waals surface area contributed by atoms with E-state index in [1.807, 2.05) is 6.07 Å². The molecule has 0 saturated carbocycles. The summed E-state index contributed by atoms with van der Waals surface area (Å²) in [5.41, 5.74) is 0.560. The lowest BCUT2D eigenvalue weighted by atomic mass is 10.2. The first-order valence-electron chi connectivity index (χ1n) is 6.13. The van der Waals surface area contributed by atoms with Crippen LogP contribution in [0.3, 0.4) is 0 Å². The van der Waals surface area contributed by atoms with Gasteiger partial charge in [-0.1, -0.05) is 15.9 Å². The van der Waals surface area contributed by atoms with Crippen LogP contribution in [0.15, 0.2) is 22.7 Å². The van der Waals surface area contributed by atoms with Gasteiger partial charge in [0.2, 0.25) is 0 Å². The van der Waals surface area contributed by atoms with Gasteiger partial charge < -0.3 is 20.5 Å². The van der Waals surface area contributed by atoms with Crippen LogP contribution in [0, 0.1) is 0 Å². The van der Waals surface area contributed by atoms with Gasteiger partial charge >= 0.3 is 12.0 Å². The van der Waals surface area contributed by atoms with E-state index >= 15 is 0 Å². The van der Waals surface area contributed by atoms with E-state index in [4.69, 9.17) is 9.84 Å². The number of methoxy groups -OCH3 is 1. The molecule has 1 aromatic rings. The number of benzene rings is 1. The van der Waals surface area contributed by atoms with Gasteiger partial charge in [-0.2, -0.15) is 0 Å². The number of carbonyl (C=O) groups is 2. The zero-order valence-corrected chi connectivity index (χ0v) is 12.7. The van der Waals surface area contributed by atoms with Crippen molar-refractivity contribution in [3.63, 3.8) is 0 Å². The molecular weight excluding hydrogens is 328 g/mol. The number of hydrogen-bond acceptors (Lipinski definition) is 3. The molecule has 110 valence electrons. The first-order chi connectivity index (χ1) is 9.52. The third-order valence-electron chi connectivity index (χ3n) is 2.51. The quantitative estimate of drug-likeness (QED) is 0.663. The van der Waals surface area contributed by atoms with Gasteiger partial charge in [0.15, 0.2) is 0 Å². The first kappa shape index (κ1) is 16.3. The summed E-state index contributed by atoms with van der Waals surface area (Å²) in [5, 5.41) is 13.8. The molecule has 0 atom stereocenters. The molecule has 0 spiro atoms. The number of carbonyl (C=O) groups excluding carboxylic acids is 1. The highest BCUT2D eigenvalue weighted by atomic mass is 79.9. The number of amides is 2. The zero-order chi connectivity index (χ0) is 15.0. The van der Waals surface area contributed by atoms with Crippen molar-refractivity contribution in [2.75, 3.05) is 19.0 Å². The molecule has 0 aliphatic rings. The van der Waals surface area contributed by atoms with E-state index in [9.17, 15) is 9.59 Å². The number of carboxylic acids is 1. The normalized spacial score (nSPS) is 9.90. The van der Waals surface area contributed by atoms with Gasteiger partial charge in [-0.15, -0.1) is 0 Å². The van der Waals surface area contributed by atoms with Crippen molar-refractivity contribution in [2.24, 2.45) is 0 Å². The van der Waals surface area contributed by atoms with Crippen LogP contribution in [0.2, 0.25) is 0 Å².